The highest BCUT2D eigenvalue weighted by Gasteiger charge is 2.42. The lowest BCUT2D eigenvalue weighted by atomic mass is 10.0. The van der Waals surface area contributed by atoms with E-state index >= 15 is 0 Å². The number of urea groups is 1. The van der Waals surface area contributed by atoms with Crippen molar-refractivity contribution in [1.29, 1.82) is 0 Å². The van der Waals surface area contributed by atoms with Crippen molar-refractivity contribution in [3.05, 3.63) is 124 Å². The number of hydrogen-bond donors (Lipinski definition) is 3. The second-order valence-electron chi connectivity index (χ2n) is 11.8. The number of carbonyl (C=O) groups is 3. The minimum absolute atomic E-state index is 0.0108. The Labute approximate surface area is 284 Å². The molecule has 0 saturated heterocycles. The number of sulfonamides is 1. The largest absolute Gasteiger partial charge is 0.356 e. The first-order chi connectivity index (χ1) is 23.0. The fourth-order valence-corrected chi connectivity index (χ4v) is 7.95. The standard InChI is InChI=1S/C36H34ClN5O5S/c1-23-20-33(24(2)19-29(23)37)48(46,47)42-31-10-6-5-9-30(31)40-35(44)32(42)21-34(43)38-17-15-25-11-13-28(14-12-25)39-36(45)41-18-16-26-7-3-4-8-27(26)22-41/h3-14,16,18-20,32H,15,17,21-22H2,1-2H3,(H,38,43)(H,39,45)(H,40,44)/t32-/m1/s1. The molecule has 48 heavy (non-hydrogen) atoms. The Kier molecular flexibility index (Phi) is 9.25. The highest BCUT2D eigenvalue weighted by atomic mass is 35.5. The number of anilines is 3. The first-order valence-electron chi connectivity index (χ1n) is 15.4. The molecule has 4 aromatic rings. The van der Waals surface area contributed by atoms with Gasteiger partial charge in [0.15, 0.2) is 0 Å². The van der Waals surface area contributed by atoms with Gasteiger partial charge in [-0.05, 0) is 90.6 Å². The molecule has 246 valence electrons. The summed E-state index contributed by atoms with van der Waals surface area (Å²) in [5.74, 6) is -1.07. The molecule has 1 atom stereocenters. The van der Waals surface area contributed by atoms with Crippen molar-refractivity contribution in [2.45, 2.75) is 44.2 Å². The molecule has 10 nitrogen and oxygen atoms in total. The Bertz CT molecular complexity index is 2050. The van der Waals surface area contributed by atoms with Crippen LogP contribution in [0.2, 0.25) is 5.02 Å². The number of halogens is 1. The average molecular weight is 684 g/mol. The van der Waals surface area contributed by atoms with Crippen LogP contribution in [0.5, 0.6) is 0 Å². The molecule has 3 N–H and O–H groups in total. The van der Waals surface area contributed by atoms with Crippen LogP contribution in [0.3, 0.4) is 0 Å². The minimum atomic E-state index is -4.27. The number of carbonyl (C=O) groups excluding carboxylic acids is 3. The molecule has 0 fully saturated rings. The molecule has 0 aliphatic carbocycles. The molecule has 4 aromatic carbocycles. The molecule has 2 aliphatic rings. The maximum Gasteiger partial charge on any atom is 0.326 e. The quantitative estimate of drug-likeness (QED) is 0.203. The van der Waals surface area contributed by atoms with Crippen LogP contribution in [0.25, 0.3) is 6.08 Å². The number of fused-ring (bicyclic) bond motifs is 2. The van der Waals surface area contributed by atoms with E-state index in [1.54, 1.807) is 67.4 Å². The van der Waals surface area contributed by atoms with E-state index in [0.29, 0.717) is 40.5 Å². The number of nitrogens with one attached hydrogen (secondary N) is 3. The lowest BCUT2D eigenvalue weighted by molar-refractivity contribution is -0.125. The highest BCUT2D eigenvalue weighted by molar-refractivity contribution is 7.93. The third-order valence-corrected chi connectivity index (χ3v) is 10.8. The summed E-state index contributed by atoms with van der Waals surface area (Å²) in [6.07, 6.45) is 3.77. The van der Waals surface area contributed by atoms with Crippen LogP contribution < -0.4 is 20.3 Å². The zero-order valence-corrected chi connectivity index (χ0v) is 27.9. The maximum absolute atomic E-state index is 14.1. The summed E-state index contributed by atoms with van der Waals surface area (Å²) in [6, 6.07) is 23.3. The molecule has 0 radical (unpaired) electrons. The Balaban J connectivity index is 1.09. The van der Waals surface area contributed by atoms with Gasteiger partial charge in [0.2, 0.25) is 11.8 Å². The molecular weight excluding hydrogens is 650 g/mol. The van der Waals surface area contributed by atoms with Gasteiger partial charge in [-0.25, -0.2) is 13.2 Å². The second-order valence-corrected chi connectivity index (χ2v) is 14.0. The molecule has 0 saturated carbocycles. The minimum Gasteiger partial charge on any atom is -0.356 e. The van der Waals surface area contributed by atoms with E-state index in [0.717, 1.165) is 21.0 Å². The Morgan fingerprint density at radius 3 is 2.48 bits per heavy atom. The van der Waals surface area contributed by atoms with E-state index in [4.69, 9.17) is 11.6 Å². The number of amides is 4. The van der Waals surface area contributed by atoms with E-state index in [1.807, 2.05) is 42.5 Å². The third-order valence-electron chi connectivity index (χ3n) is 8.39. The van der Waals surface area contributed by atoms with Crippen LogP contribution in [0, 0.1) is 13.8 Å². The summed E-state index contributed by atoms with van der Waals surface area (Å²) in [5, 5.41) is 8.90. The number of para-hydroxylation sites is 2. The van der Waals surface area contributed by atoms with E-state index in [2.05, 4.69) is 16.0 Å². The molecule has 2 aliphatic heterocycles. The fraction of sp³-hybridized carbons (Fsp3) is 0.194. The van der Waals surface area contributed by atoms with Crippen LogP contribution in [-0.4, -0.2) is 43.7 Å². The predicted octanol–water partition coefficient (Wildman–Crippen LogP) is 6.24. The zero-order chi connectivity index (χ0) is 34.0. The van der Waals surface area contributed by atoms with Gasteiger partial charge in [0.25, 0.3) is 10.0 Å². The summed E-state index contributed by atoms with van der Waals surface area (Å²) >= 11 is 6.24. The Hall–Kier alpha value is -5.13. The molecule has 0 unspecified atom stereocenters. The first kappa shape index (κ1) is 32.8. The average Bonchev–Trinajstić information content (AvgIpc) is 3.07. The smallest absolute Gasteiger partial charge is 0.326 e. The Morgan fingerprint density at radius 2 is 1.69 bits per heavy atom. The molecule has 0 spiro atoms. The highest BCUT2D eigenvalue weighted by Crippen LogP contribution is 2.38. The van der Waals surface area contributed by atoms with Crippen LogP contribution in [-0.2, 0) is 32.6 Å². The van der Waals surface area contributed by atoms with Crippen molar-refractivity contribution in [1.82, 2.24) is 10.2 Å². The van der Waals surface area contributed by atoms with Crippen molar-refractivity contribution in [3.63, 3.8) is 0 Å². The van der Waals surface area contributed by atoms with Crippen molar-refractivity contribution in [3.8, 4) is 0 Å². The lowest BCUT2D eigenvalue weighted by Gasteiger charge is -2.37. The maximum atomic E-state index is 14.1. The monoisotopic (exact) mass is 683 g/mol. The zero-order valence-electron chi connectivity index (χ0n) is 26.4. The van der Waals surface area contributed by atoms with Crippen LogP contribution in [0.1, 0.15) is 34.2 Å². The van der Waals surface area contributed by atoms with Gasteiger partial charge in [-0.2, -0.15) is 0 Å². The van der Waals surface area contributed by atoms with Crippen molar-refractivity contribution in [2.75, 3.05) is 21.5 Å². The summed E-state index contributed by atoms with van der Waals surface area (Å²) in [6.45, 7) is 4.09. The van der Waals surface area contributed by atoms with Crippen LogP contribution in [0.4, 0.5) is 21.9 Å². The predicted molar refractivity (Wildman–Crippen MR) is 187 cm³/mol. The molecule has 2 heterocycles. The van der Waals surface area contributed by atoms with E-state index in [1.165, 1.54) is 6.07 Å². The second kappa shape index (κ2) is 13.5. The molecule has 0 aromatic heterocycles. The van der Waals surface area contributed by atoms with E-state index < -0.39 is 27.9 Å². The summed E-state index contributed by atoms with van der Waals surface area (Å²) in [7, 11) is -4.27. The van der Waals surface area contributed by atoms with E-state index in [9.17, 15) is 22.8 Å². The summed E-state index contributed by atoms with van der Waals surface area (Å²) in [5.41, 5.74) is 5.33. The Morgan fingerprint density at radius 1 is 0.958 bits per heavy atom. The van der Waals surface area contributed by atoms with Gasteiger partial charge in [0, 0.05) is 23.5 Å². The lowest BCUT2D eigenvalue weighted by Crippen LogP contribution is -2.53. The topological polar surface area (TPSA) is 128 Å². The number of aryl methyl sites for hydroxylation is 2. The van der Waals surface area contributed by atoms with Crippen molar-refractivity contribution < 1.29 is 22.8 Å². The van der Waals surface area contributed by atoms with Gasteiger partial charge in [-0.15, -0.1) is 0 Å². The van der Waals surface area contributed by atoms with Crippen LogP contribution >= 0.6 is 11.6 Å². The summed E-state index contributed by atoms with van der Waals surface area (Å²) in [4.78, 5) is 40.9. The molecule has 4 amide bonds. The van der Waals surface area contributed by atoms with Gasteiger partial charge < -0.3 is 16.0 Å². The molecule has 0 bridgehead atoms. The van der Waals surface area contributed by atoms with Crippen molar-refractivity contribution in [2.24, 2.45) is 0 Å². The van der Waals surface area contributed by atoms with Gasteiger partial charge in [0.05, 0.1) is 29.2 Å². The number of nitrogens with zero attached hydrogens (tertiary/aromatic N) is 2. The van der Waals surface area contributed by atoms with Gasteiger partial charge in [-0.3, -0.25) is 18.8 Å². The van der Waals surface area contributed by atoms with Crippen molar-refractivity contribution >= 4 is 62.6 Å². The fourth-order valence-electron chi connectivity index (χ4n) is 5.80. The number of hydrogen-bond acceptors (Lipinski definition) is 5. The first-order valence-corrected chi connectivity index (χ1v) is 17.2. The molecular formula is C36H34ClN5O5S. The molecule has 12 heteroatoms. The number of rotatable bonds is 8. The van der Waals surface area contributed by atoms with Gasteiger partial charge in [-0.1, -0.05) is 60.1 Å². The van der Waals surface area contributed by atoms with Crippen LogP contribution in [0.15, 0.2) is 96.0 Å². The number of benzene rings is 4. The third kappa shape index (κ3) is 6.78. The van der Waals surface area contributed by atoms with Gasteiger partial charge in [0.1, 0.15) is 6.04 Å². The molecule has 6 rings (SSSR count). The van der Waals surface area contributed by atoms with Gasteiger partial charge >= 0.3 is 6.03 Å². The normalized spacial score (nSPS) is 15.3. The SMILES string of the molecule is Cc1cc(S(=O)(=O)N2c3ccccc3NC(=O)[C@H]2CC(=O)NCCc2ccc(NC(=O)N3C=Cc4ccccc4C3)cc2)c(C)cc1Cl. The summed E-state index contributed by atoms with van der Waals surface area (Å²) < 4.78 is 29.3. The van der Waals surface area contributed by atoms with E-state index in [-0.39, 0.29) is 29.6 Å².